The van der Waals surface area contributed by atoms with Gasteiger partial charge in [0.2, 0.25) is 0 Å². The Labute approximate surface area is 133 Å². The lowest BCUT2D eigenvalue weighted by Gasteiger charge is -2.15. The summed E-state index contributed by atoms with van der Waals surface area (Å²) in [4.78, 5) is 12.8. The van der Waals surface area contributed by atoms with Crippen molar-refractivity contribution < 1.29 is 14.3 Å². The minimum Gasteiger partial charge on any atom is -0.496 e. The molecule has 0 aliphatic carbocycles. The Bertz CT molecular complexity index is 638. The van der Waals surface area contributed by atoms with Gasteiger partial charge >= 0.3 is 0 Å². The van der Waals surface area contributed by atoms with E-state index in [4.69, 9.17) is 9.47 Å². The van der Waals surface area contributed by atoms with Crippen LogP contribution in [-0.2, 0) is 0 Å². The molecule has 0 saturated carbocycles. The highest BCUT2D eigenvalue weighted by Gasteiger charge is 2.22. The fourth-order valence-corrected chi connectivity index (χ4v) is 2.66. The lowest BCUT2D eigenvalue weighted by atomic mass is 9.92. The average Bonchev–Trinajstić information content (AvgIpc) is 2.54. The van der Waals surface area contributed by atoms with Gasteiger partial charge in [0.1, 0.15) is 11.5 Å². The third kappa shape index (κ3) is 3.27. The van der Waals surface area contributed by atoms with Crippen molar-refractivity contribution in [1.29, 1.82) is 0 Å². The molecule has 1 atom stereocenters. The quantitative estimate of drug-likeness (QED) is 0.748. The zero-order valence-corrected chi connectivity index (χ0v) is 13.8. The number of benzene rings is 2. The molecule has 4 heteroatoms. The second kappa shape index (κ2) is 6.76. The molecule has 21 heavy (non-hydrogen) atoms. The SMILES string of the molecule is COc1cc(C(=O)C(C)c2ccccc2)c(OC)cc1Br. The number of carbonyl (C=O) groups is 1. The van der Waals surface area contributed by atoms with Crippen LogP contribution < -0.4 is 9.47 Å². The van der Waals surface area contributed by atoms with Gasteiger partial charge in [0.15, 0.2) is 5.78 Å². The maximum Gasteiger partial charge on any atom is 0.173 e. The molecule has 0 heterocycles. The first-order valence-electron chi connectivity index (χ1n) is 6.59. The first-order chi connectivity index (χ1) is 10.1. The first-order valence-corrected chi connectivity index (χ1v) is 7.38. The molecule has 0 bridgehead atoms. The molecule has 0 fully saturated rings. The van der Waals surface area contributed by atoms with Crippen molar-refractivity contribution in [3.8, 4) is 11.5 Å². The van der Waals surface area contributed by atoms with Crippen molar-refractivity contribution in [3.05, 3.63) is 58.1 Å². The second-order valence-corrected chi connectivity index (χ2v) is 5.54. The molecule has 0 aromatic heterocycles. The molecule has 110 valence electrons. The Balaban J connectivity index is 2.43. The number of carbonyl (C=O) groups excluding carboxylic acids is 1. The van der Waals surface area contributed by atoms with Gasteiger partial charge in [-0.15, -0.1) is 0 Å². The zero-order valence-electron chi connectivity index (χ0n) is 12.2. The molecule has 2 aromatic rings. The smallest absolute Gasteiger partial charge is 0.173 e. The number of Topliss-reactive ketones (excluding diaryl/α,β-unsaturated/α-hetero) is 1. The van der Waals surface area contributed by atoms with Gasteiger partial charge in [-0.25, -0.2) is 0 Å². The number of ketones is 1. The standard InChI is InChI=1S/C17H17BrO3/c1-11(12-7-5-4-6-8-12)17(19)13-9-16(21-3)14(18)10-15(13)20-2/h4-11H,1-3H3. The summed E-state index contributed by atoms with van der Waals surface area (Å²) in [5.41, 5.74) is 1.50. The van der Waals surface area contributed by atoms with E-state index in [0.717, 1.165) is 10.0 Å². The van der Waals surface area contributed by atoms with Gasteiger partial charge in [0.05, 0.1) is 24.3 Å². The monoisotopic (exact) mass is 348 g/mol. The maximum atomic E-state index is 12.8. The van der Waals surface area contributed by atoms with Crippen molar-refractivity contribution in [1.82, 2.24) is 0 Å². The van der Waals surface area contributed by atoms with E-state index in [1.165, 1.54) is 0 Å². The fourth-order valence-electron chi connectivity index (χ4n) is 2.18. The summed E-state index contributed by atoms with van der Waals surface area (Å²) in [7, 11) is 3.12. The largest absolute Gasteiger partial charge is 0.496 e. The number of hydrogen-bond donors (Lipinski definition) is 0. The first kappa shape index (κ1) is 15.6. The van der Waals surface area contributed by atoms with E-state index < -0.39 is 0 Å². The number of rotatable bonds is 5. The van der Waals surface area contributed by atoms with Crippen LogP contribution in [0.5, 0.6) is 11.5 Å². The third-order valence-corrected chi connectivity index (χ3v) is 4.05. The van der Waals surface area contributed by atoms with Crippen LogP contribution in [0.3, 0.4) is 0 Å². The molecule has 0 spiro atoms. The fraction of sp³-hybridized carbons (Fsp3) is 0.235. The Morgan fingerprint density at radius 2 is 1.67 bits per heavy atom. The number of halogens is 1. The summed E-state index contributed by atoms with van der Waals surface area (Å²) in [5, 5.41) is 0. The topological polar surface area (TPSA) is 35.5 Å². The number of methoxy groups -OCH3 is 2. The Morgan fingerprint density at radius 1 is 1.05 bits per heavy atom. The molecular weight excluding hydrogens is 332 g/mol. The molecular formula is C17H17BrO3. The second-order valence-electron chi connectivity index (χ2n) is 4.68. The molecule has 0 radical (unpaired) electrons. The summed E-state index contributed by atoms with van der Waals surface area (Å²) in [6, 6.07) is 13.2. The summed E-state index contributed by atoms with van der Waals surface area (Å²) >= 11 is 3.40. The third-order valence-electron chi connectivity index (χ3n) is 3.43. The summed E-state index contributed by atoms with van der Waals surface area (Å²) < 4.78 is 11.3. The molecule has 0 aliphatic heterocycles. The minimum atomic E-state index is -0.244. The van der Waals surface area contributed by atoms with Gasteiger partial charge in [-0.05, 0) is 33.6 Å². The van der Waals surface area contributed by atoms with Crippen LogP contribution in [0.2, 0.25) is 0 Å². The summed E-state index contributed by atoms with van der Waals surface area (Å²) in [6.07, 6.45) is 0. The molecule has 0 aliphatic rings. The van der Waals surface area contributed by atoms with Crippen molar-refractivity contribution >= 4 is 21.7 Å². The molecule has 2 rings (SSSR count). The molecule has 1 unspecified atom stereocenters. The predicted octanol–water partition coefficient (Wildman–Crippen LogP) is 4.45. The normalized spacial score (nSPS) is 11.8. The van der Waals surface area contributed by atoms with E-state index >= 15 is 0 Å². The van der Waals surface area contributed by atoms with Gasteiger partial charge in [-0.1, -0.05) is 37.3 Å². The van der Waals surface area contributed by atoms with Gasteiger partial charge in [0, 0.05) is 5.92 Å². The van der Waals surface area contributed by atoms with Crippen LogP contribution in [0, 0.1) is 0 Å². The zero-order chi connectivity index (χ0) is 15.4. The van der Waals surface area contributed by atoms with Gasteiger partial charge < -0.3 is 9.47 Å². The Kier molecular flexibility index (Phi) is 5.02. The van der Waals surface area contributed by atoms with Crippen LogP contribution in [0.25, 0.3) is 0 Å². The van der Waals surface area contributed by atoms with Crippen LogP contribution in [0.1, 0.15) is 28.8 Å². The van der Waals surface area contributed by atoms with E-state index in [2.05, 4.69) is 15.9 Å². The van der Waals surface area contributed by atoms with Gasteiger partial charge in [-0.3, -0.25) is 4.79 Å². The van der Waals surface area contributed by atoms with Crippen LogP contribution in [0.4, 0.5) is 0 Å². The lowest BCUT2D eigenvalue weighted by molar-refractivity contribution is 0.0962. The molecule has 2 aromatic carbocycles. The molecule has 0 amide bonds. The highest BCUT2D eigenvalue weighted by atomic mass is 79.9. The van der Waals surface area contributed by atoms with Crippen molar-refractivity contribution in [2.75, 3.05) is 14.2 Å². The van der Waals surface area contributed by atoms with Crippen LogP contribution in [-0.4, -0.2) is 20.0 Å². The molecule has 0 saturated heterocycles. The highest BCUT2D eigenvalue weighted by molar-refractivity contribution is 9.10. The van der Waals surface area contributed by atoms with Crippen LogP contribution in [0.15, 0.2) is 46.9 Å². The van der Waals surface area contributed by atoms with Crippen molar-refractivity contribution in [3.63, 3.8) is 0 Å². The number of hydrogen-bond acceptors (Lipinski definition) is 3. The van der Waals surface area contributed by atoms with Gasteiger partial charge in [0.25, 0.3) is 0 Å². The van der Waals surface area contributed by atoms with Crippen molar-refractivity contribution in [2.45, 2.75) is 12.8 Å². The van der Waals surface area contributed by atoms with Crippen LogP contribution >= 0.6 is 15.9 Å². The molecule has 0 N–H and O–H groups in total. The number of ether oxygens (including phenoxy) is 2. The maximum absolute atomic E-state index is 12.8. The van der Waals surface area contributed by atoms with E-state index in [1.54, 1.807) is 26.4 Å². The summed E-state index contributed by atoms with van der Waals surface area (Å²) in [6.45, 7) is 1.89. The van der Waals surface area contributed by atoms with Crippen molar-refractivity contribution in [2.24, 2.45) is 0 Å². The van der Waals surface area contributed by atoms with E-state index in [9.17, 15) is 4.79 Å². The van der Waals surface area contributed by atoms with E-state index in [1.807, 2.05) is 37.3 Å². The van der Waals surface area contributed by atoms with E-state index in [-0.39, 0.29) is 11.7 Å². The minimum absolute atomic E-state index is 0.00356. The van der Waals surface area contributed by atoms with E-state index in [0.29, 0.717) is 17.1 Å². The highest BCUT2D eigenvalue weighted by Crippen LogP contribution is 2.35. The Hall–Kier alpha value is -1.81. The molecule has 3 nitrogen and oxygen atoms in total. The summed E-state index contributed by atoms with van der Waals surface area (Å²) in [5.74, 6) is 0.907. The predicted molar refractivity (Wildman–Crippen MR) is 86.4 cm³/mol. The lowest BCUT2D eigenvalue weighted by Crippen LogP contribution is -2.11. The van der Waals surface area contributed by atoms with Gasteiger partial charge in [-0.2, -0.15) is 0 Å². The Morgan fingerprint density at radius 3 is 2.24 bits per heavy atom. The average molecular weight is 349 g/mol.